The molecule has 158 valence electrons. The van der Waals surface area contributed by atoms with Gasteiger partial charge in [0.25, 0.3) is 0 Å². The summed E-state index contributed by atoms with van der Waals surface area (Å²) in [5.41, 5.74) is 3.48. The zero-order chi connectivity index (χ0) is 22.4. The largest absolute Gasteiger partial charge is 0.478 e. The Balaban J connectivity index is 1.58. The molecule has 1 N–H and O–H groups in total. The minimum atomic E-state index is -1.21. The van der Waals surface area contributed by atoms with E-state index in [1.807, 2.05) is 43.3 Å². The number of halogens is 1. The summed E-state index contributed by atoms with van der Waals surface area (Å²) in [5, 5.41) is 9.54. The lowest BCUT2D eigenvalue weighted by Crippen LogP contribution is -2.49. The molecule has 3 aromatic rings. The van der Waals surface area contributed by atoms with Crippen molar-refractivity contribution in [3.05, 3.63) is 99.6 Å². The Morgan fingerprint density at radius 2 is 1.50 bits per heavy atom. The van der Waals surface area contributed by atoms with Gasteiger partial charge in [-0.25, -0.2) is 9.69 Å². The molecule has 4 aliphatic rings. The molecule has 0 spiro atoms. The third-order valence-electron chi connectivity index (χ3n) is 7.45. The molecule has 1 heterocycles. The number of anilines is 1. The maximum atomic E-state index is 14.0. The van der Waals surface area contributed by atoms with Crippen LogP contribution in [-0.2, 0) is 9.59 Å². The normalized spacial score (nSPS) is 27.2. The highest BCUT2D eigenvalue weighted by atomic mass is 35.5. The van der Waals surface area contributed by atoms with E-state index in [1.54, 1.807) is 0 Å². The van der Waals surface area contributed by atoms with E-state index in [-0.39, 0.29) is 39.9 Å². The van der Waals surface area contributed by atoms with Crippen LogP contribution in [0.3, 0.4) is 0 Å². The van der Waals surface area contributed by atoms with Gasteiger partial charge in [-0.05, 0) is 47.4 Å². The number of amides is 2. The van der Waals surface area contributed by atoms with Crippen molar-refractivity contribution in [3.63, 3.8) is 0 Å². The second-order valence-electron chi connectivity index (χ2n) is 8.88. The van der Waals surface area contributed by atoms with E-state index >= 15 is 0 Å². The standard InChI is InChI=1S/C26H18ClNO4/c1-26-21-16-8-4-2-6-14(16)20(15-7-3-5-9-17(15)21)22(26)23(29)28(25(26)32)13-10-11-19(27)18(12-13)24(30)31/h2-12,20-22H,1H3,(H,30,31). The highest BCUT2D eigenvalue weighted by molar-refractivity contribution is 6.34. The van der Waals surface area contributed by atoms with Gasteiger partial charge in [0.05, 0.1) is 27.6 Å². The van der Waals surface area contributed by atoms with Crippen LogP contribution in [0, 0.1) is 11.3 Å². The number of imide groups is 1. The summed E-state index contributed by atoms with van der Waals surface area (Å²) >= 11 is 6.03. The van der Waals surface area contributed by atoms with Crippen LogP contribution in [0.1, 0.15) is 51.4 Å². The fraction of sp³-hybridized carbons (Fsp3) is 0.192. The van der Waals surface area contributed by atoms with Crippen molar-refractivity contribution in [2.75, 3.05) is 4.90 Å². The van der Waals surface area contributed by atoms with Gasteiger partial charge in [-0.3, -0.25) is 9.59 Å². The third-order valence-corrected chi connectivity index (χ3v) is 7.78. The molecular weight excluding hydrogens is 426 g/mol. The first-order valence-corrected chi connectivity index (χ1v) is 10.8. The van der Waals surface area contributed by atoms with Gasteiger partial charge in [0.1, 0.15) is 0 Å². The Labute approximate surface area is 189 Å². The van der Waals surface area contributed by atoms with E-state index in [0.29, 0.717) is 0 Å². The number of hydrogen-bond donors (Lipinski definition) is 1. The molecule has 32 heavy (non-hydrogen) atoms. The van der Waals surface area contributed by atoms with Crippen molar-refractivity contribution in [2.24, 2.45) is 11.3 Å². The van der Waals surface area contributed by atoms with Gasteiger partial charge in [0.15, 0.2) is 0 Å². The minimum absolute atomic E-state index is 0.0591. The van der Waals surface area contributed by atoms with Gasteiger partial charge in [-0.1, -0.05) is 60.1 Å². The van der Waals surface area contributed by atoms with Crippen LogP contribution in [0.5, 0.6) is 0 Å². The molecule has 0 saturated carbocycles. The number of aromatic carboxylic acids is 1. The molecule has 6 heteroatoms. The smallest absolute Gasteiger partial charge is 0.337 e. The first-order chi connectivity index (χ1) is 15.4. The lowest BCUT2D eigenvalue weighted by molar-refractivity contribution is -0.128. The summed E-state index contributed by atoms with van der Waals surface area (Å²) < 4.78 is 0. The minimum Gasteiger partial charge on any atom is -0.478 e. The second-order valence-corrected chi connectivity index (χ2v) is 9.28. The number of hydrogen-bond acceptors (Lipinski definition) is 3. The van der Waals surface area contributed by atoms with E-state index in [1.165, 1.54) is 23.1 Å². The summed E-state index contributed by atoms with van der Waals surface area (Å²) in [4.78, 5) is 40.6. The van der Waals surface area contributed by atoms with Crippen molar-refractivity contribution < 1.29 is 19.5 Å². The number of carboxylic acids is 1. The van der Waals surface area contributed by atoms with Crippen LogP contribution in [0.4, 0.5) is 5.69 Å². The molecule has 2 amide bonds. The predicted molar refractivity (Wildman–Crippen MR) is 119 cm³/mol. The molecular formula is C26H18ClNO4. The maximum Gasteiger partial charge on any atom is 0.337 e. The second kappa shape index (κ2) is 6.30. The van der Waals surface area contributed by atoms with E-state index in [0.717, 1.165) is 22.3 Å². The first kappa shape index (κ1) is 19.3. The fourth-order valence-corrected chi connectivity index (χ4v) is 6.37. The van der Waals surface area contributed by atoms with Crippen molar-refractivity contribution in [1.29, 1.82) is 0 Å². The summed E-state index contributed by atoms with van der Waals surface area (Å²) in [6.07, 6.45) is 0. The molecule has 7 rings (SSSR count). The van der Waals surface area contributed by atoms with Gasteiger partial charge in [-0.15, -0.1) is 0 Å². The molecule has 5 nitrogen and oxygen atoms in total. The molecule has 0 aromatic heterocycles. The highest BCUT2D eigenvalue weighted by Crippen LogP contribution is 2.67. The summed E-state index contributed by atoms with van der Waals surface area (Å²) in [6.45, 7) is 1.88. The molecule has 0 radical (unpaired) electrons. The van der Waals surface area contributed by atoms with Crippen molar-refractivity contribution >= 4 is 35.1 Å². The maximum absolute atomic E-state index is 14.0. The molecule has 3 aliphatic carbocycles. The van der Waals surface area contributed by atoms with Crippen LogP contribution in [-0.4, -0.2) is 22.9 Å². The van der Waals surface area contributed by atoms with Crippen LogP contribution in [0.15, 0.2) is 66.7 Å². The van der Waals surface area contributed by atoms with Crippen LogP contribution in [0.25, 0.3) is 0 Å². The Morgan fingerprint density at radius 3 is 2.06 bits per heavy atom. The summed E-state index contributed by atoms with van der Waals surface area (Å²) in [6, 6.07) is 20.3. The number of carbonyl (C=O) groups excluding carboxylic acids is 2. The number of carbonyl (C=O) groups is 3. The molecule has 3 aromatic carbocycles. The molecule has 2 atom stereocenters. The predicted octanol–water partition coefficient (Wildman–Crippen LogP) is 4.82. The van der Waals surface area contributed by atoms with E-state index in [4.69, 9.17) is 11.6 Å². The third kappa shape index (κ3) is 2.16. The Bertz CT molecular complexity index is 1320. The zero-order valence-electron chi connectivity index (χ0n) is 17.1. The monoisotopic (exact) mass is 443 g/mol. The quantitative estimate of drug-likeness (QED) is 0.576. The molecule has 1 aliphatic heterocycles. The highest BCUT2D eigenvalue weighted by Gasteiger charge is 2.68. The number of rotatable bonds is 2. The topological polar surface area (TPSA) is 74.7 Å². The Kier molecular flexibility index (Phi) is 3.79. The Morgan fingerprint density at radius 1 is 0.938 bits per heavy atom. The Hall–Kier alpha value is -3.44. The summed E-state index contributed by atoms with van der Waals surface area (Å²) in [5.74, 6) is -2.85. The summed E-state index contributed by atoms with van der Waals surface area (Å²) in [7, 11) is 0. The molecule has 2 bridgehead atoms. The van der Waals surface area contributed by atoms with Crippen molar-refractivity contribution in [3.8, 4) is 0 Å². The van der Waals surface area contributed by atoms with Crippen LogP contribution >= 0.6 is 11.6 Å². The fourth-order valence-electron chi connectivity index (χ4n) is 6.18. The van der Waals surface area contributed by atoms with Gasteiger partial charge in [0, 0.05) is 11.8 Å². The van der Waals surface area contributed by atoms with E-state index in [2.05, 4.69) is 12.1 Å². The molecule has 1 saturated heterocycles. The van der Waals surface area contributed by atoms with Crippen LogP contribution in [0.2, 0.25) is 5.02 Å². The lowest BCUT2D eigenvalue weighted by Gasteiger charge is -2.51. The van der Waals surface area contributed by atoms with E-state index in [9.17, 15) is 19.5 Å². The van der Waals surface area contributed by atoms with Crippen molar-refractivity contribution in [1.82, 2.24) is 0 Å². The average molecular weight is 444 g/mol. The van der Waals surface area contributed by atoms with Gasteiger partial charge in [-0.2, -0.15) is 0 Å². The first-order valence-electron chi connectivity index (χ1n) is 10.4. The van der Waals surface area contributed by atoms with Gasteiger partial charge >= 0.3 is 5.97 Å². The number of nitrogens with zero attached hydrogens (tertiary/aromatic N) is 1. The SMILES string of the molecule is CC12C(=O)N(c3ccc(Cl)c(C(=O)O)c3)C(=O)C1C1c3ccccc3C2c2ccccc21. The van der Waals surface area contributed by atoms with Crippen molar-refractivity contribution in [2.45, 2.75) is 18.8 Å². The zero-order valence-corrected chi connectivity index (χ0v) is 17.8. The van der Waals surface area contributed by atoms with E-state index < -0.39 is 17.3 Å². The lowest BCUT2D eigenvalue weighted by atomic mass is 9.48. The molecule has 2 unspecified atom stereocenters. The van der Waals surface area contributed by atoms with Crippen LogP contribution < -0.4 is 4.90 Å². The van der Waals surface area contributed by atoms with Gasteiger partial charge in [0.2, 0.25) is 11.8 Å². The number of carboxylic acid groups (broad SMARTS) is 1. The molecule has 1 fully saturated rings. The number of benzene rings is 3. The van der Waals surface area contributed by atoms with Gasteiger partial charge < -0.3 is 5.11 Å². The average Bonchev–Trinajstić information content (AvgIpc) is 3.00.